The van der Waals surface area contributed by atoms with Gasteiger partial charge in [0.25, 0.3) is 0 Å². The van der Waals surface area contributed by atoms with Crippen molar-refractivity contribution in [2.75, 3.05) is 37.0 Å². The summed E-state index contributed by atoms with van der Waals surface area (Å²) in [6, 6.07) is 13.0. The van der Waals surface area contributed by atoms with Crippen LogP contribution in [0.25, 0.3) is 0 Å². The molecule has 2 aliphatic rings. The van der Waals surface area contributed by atoms with Crippen LogP contribution < -0.4 is 19.7 Å². The minimum Gasteiger partial charge on any atom is -0.497 e. The maximum Gasteiger partial charge on any atom is 0.322 e. The molecule has 0 atom stereocenters. The molecule has 0 spiro atoms. The highest BCUT2D eigenvalue weighted by atomic mass is 19.1. The van der Waals surface area contributed by atoms with Crippen molar-refractivity contribution < 1.29 is 18.7 Å². The van der Waals surface area contributed by atoms with Crippen molar-refractivity contribution in [3.8, 4) is 17.4 Å². The first-order valence-electron chi connectivity index (χ1n) is 11.9. The van der Waals surface area contributed by atoms with Crippen LogP contribution >= 0.6 is 0 Å². The third-order valence-corrected chi connectivity index (χ3v) is 6.27. The summed E-state index contributed by atoms with van der Waals surface area (Å²) >= 11 is 0. The Bertz CT molecular complexity index is 1220. The molecule has 3 heterocycles. The summed E-state index contributed by atoms with van der Waals surface area (Å²) in [5.74, 6) is 1.62. The molecule has 0 bridgehead atoms. The highest BCUT2D eigenvalue weighted by Gasteiger charge is 2.28. The smallest absolute Gasteiger partial charge is 0.322 e. The molecule has 0 unspecified atom stereocenters. The fraction of sp³-hybridized carbons (Fsp3) is 0.346. The zero-order valence-electron chi connectivity index (χ0n) is 19.7. The molecule has 2 aliphatic heterocycles. The average Bonchev–Trinajstić information content (AvgIpc) is 2.89. The van der Waals surface area contributed by atoms with E-state index in [4.69, 9.17) is 19.4 Å². The number of urea groups is 1. The molecule has 5 rings (SSSR count). The lowest BCUT2D eigenvalue weighted by Crippen LogP contribution is -2.40. The number of nitrogens with one attached hydrogen (secondary N) is 1. The van der Waals surface area contributed by atoms with E-state index < -0.39 is 0 Å². The molecule has 0 radical (unpaired) electrons. The van der Waals surface area contributed by atoms with Crippen molar-refractivity contribution in [1.29, 1.82) is 0 Å². The fourth-order valence-corrected chi connectivity index (χ4v) is 4.41. The zero-order chi connectivity index (χ0) is 24.2. The van der Waals surface area contributed by atoms with Gasteiger partial charge in [0.2, 0.25) is 11.8 Å². The molecule has 1 fully saturated rings. The predicted octanol–water partition coefficient (Wildman–Crippen LogP) is 5.00. The molecule has 3 aromatic rings. The van der Waals surface area contributed by atoms with Crippen LogP contribution in [-0.4, -0.2) is 47.6 Å². The third kappa shape index (κ3) is 5.29. The first-order valence-corrected chi connectivity index (χ1v) is 11.9. The number of ether oxygens (including phenoxy) is 2. The van der Waals surface area contributed by atoms with Crippen LogP contribution in [0.2, 0.25) is 0 Å². The second-order valence-electron chi connectivity index (χ2n) is 8.69. The molecule has 1 saturated heterocycles. The Labute approximate surface area is 203 Å². The van der Waals surface area contributed by atoms with Crippen LogP contribution in [-0.2, 0) is 13.0 Å². The van der Waals surface area contributed by atoms with Crippen molar-refractivity contribution in [3.63, 3.8) is 0 Å². The fourth-order valence-electron chi connectivity index (χ4n) is 4.41. The van der Waals surface area contributed by atoms with Gasteiger partial charge in [-0.15, -0.1) is 0 Å². The van der Waals surface area contributed by atoms with Crippen LogP contribution in [0.1, 0.15) is 30.5 Å². The van der Waals surface area contributed by atoms with Crippen molar-refractivity contribution in [2.24, 2.45) is 0 Å². The predicted molar refractivity (Wildman–Crippen MR) is 131 cm³/mol. The normalized spacial score (nSPS) is 15.4. The minimum atomic E-state index is -0.388. The van der Waals surface area contributed by atoms with E-state index in [2.05, 4.69) is 10.2 Å². The third-order valence-electron chi connectivity index (χ3n) is 6.27. The van der Waals surface area contributed by atoms with E-state index >= 15 is 0 Å². The van der Waals surface area contributed by atoms with Crippen LogP contribution in [0.15, 0.2) is 48.5 Å². The highest BCUT2D eigenvalue weighted by Crippen LogP contribution is 2.32. The summed E-state index contributed by atoms with van der Waals surface area (Å²) in [6.07, 6.45) is 3.96. The van der Waals surface area contributed by atoms with Crippen LogP contribution in [0, 0.1) is 5.82 Å². The summed E-state index contributed by atoms with van der Waals surface area (Å²) in [5.41, 5.74) is 2.24. The number of benzene rings is 2. The Morgan fingerprint density at radius 2 is 1.80 bits per heavy atom. The van der Waals surface area contributed by atoms with Gasteiger partial charge < -0.3 is 24.6 Å². The summed E-state index contributed by atoms with van der Waals surface area (Å²) < 4.78 is 25.1. The van der Waals surface area contributed by atoms with Gasteiger partial charge in [-0.3, -0.25) is 0 Å². The van der Waals surface area contributed by atoms with Crippen LogP contribution in [0.5, 0.6) is 17.4 Å². The molecule has 0 aliphatic carbocycles. The summed E-state index contributed by atoms with van der Waals surface area (Å²) in [4.78, 5) is 26.5. The number of hydrogen-bond donors (Lipinski definition) is 1. The molecule has 8 nitrogen and oxygen atoms in total. The van der Waals surface area contributed by atoms with E-state index in [9.17, 15) is 9.18 Å². The molecule has 182 valence electrons. The van der Waals surface area contributed by atoms with E-state index in [1.54, 1.807) is 30.2 Å². The van der Waals surface area contributed by atoms with Gasteiger partial charge in [0, 0.05) is 43.9 Å². The number of halogens is 1. The number of anilines is 2. The largest absolute Gasteiger partial charge is 0.497 e. The first-order chi connectivity index (χ1) is 17.1. The van der Waals surface area contributed by atoms with Crippen LogP contribution in [0.4, 0.5) is 20.8 Å². The first kappa shape index (κ1) is 22.9. The molecule has 1 aromatic heterocycles. The molecule has 9 heteroatoms. The zero-order valence-corrected chi connectivity index (χ0v) is 19.7. The van der Waals surface area contributed by atoms with Gasteiger partial charge in [-0.1, -0.05) is 12.1 Å². The topological polar surface area (TPSA) is 79.8 Å². The van der Waals surface area contributed by atoms with Crippen molar-refractivity contribution in [1.82, 2.24) is 14.9 Å². The van der Waals surface area contributed by atoms with Gasteiger partial charge in [-0.2, -0.15) is 4.98 Å². The Morgan fingerprint density at radius 1 is 1.00 bits per heavy atom. The van der Waals surface area contributed by atoms with E-state index in [0.29, 0.717) is 42.0 Å². The number of carbonyl (C=O) groups excluding carboxylic acids is 1. The minimum absolute atomic E-state index is 0.235. The molecule has 35 heavy (non-hydrogen) atoms. The number of nitrogens with zero attached hydrogens (tertiary/aromatic N) is 4. The highest BCUT2D eigenvalue weighted by molar-refractivity contribution is 5.89. The van der Waals surface area contributed by atoms with Gasteiger partial charge in [0.05, 0.1) is 24.9 Å². The number of hydrogen-bond acceptors (Lipinski definition) is 6. The molecule has 2 aromatic carbocycles. The lowest BCUT2D eigenvalue weighted by atomic mass is 10.1. The molecule has 0 saturated carbocycles. The Balaban J connectivity index is 1.42. The van der Waals surface area contributed by atoms with E-state index in [-0.39, 0.29) is 18.4 Å². The van der Waals surface area contributed by atoms with Crippen molar-refractivity contribution in [3.05, 3.63) is 65.6 Å². The van der Waals surface area contributed by atoms with Gasteiger partial charge in [0.1, 0.15) is 17.3 Å². The summed E-state index contributed by atoms with van der Waals surface area (Å²) in [5, 5.41) is 2.92. The lowest BCUT2D eigenvalue weighted by molar-refractivity contribution is 0.205. The van der Waals surface area contributed by atoms with E-state index in [0.717, 1.165) is 37.2 Å². The van der Waals surface area contributed by atoms with E-state index in [1.165, 1.54) is 18.6 Å². The summed E-state index contributed by atoms with van der Waals surface area (Å²) in [7, 11) is 1.58. The molecule has 1 N–H and O–H groups in total. The summed E-state index contributed by atoms with van der Waals surface area (Å²) in [6.45, 7) is 2.59. The van der Waals surface area contributed by atoms with E-state index in [1.807, 2.05) is 18.2 Å². The molecular formula is C26H28FN5O3. The number of rotatable bonds is 5. The van der Waals surface area contributed by atoms with Crippen molar-refractivity contribution in [2.45, 2.75) is 32.2 Å². The Morgan fingerprint density at radius 3 is 2.60 bits per heavy atom. The SMILES string of the molecule is COc1cccc(NC(=O)N2CCc3nc(N4CCCCC4)nc(Oc4cccc(F)c4)c3C2)c1. The molecule has 2 amide bonds. The lowest BCUT2D eigenvalue weighted by Gasteiger charge is -2.32. The Kier molecular flexibility index (Phi) is 6.65. The van der Waals surface area contributed by atoms with Crippen molar-refractivity contribution >= 4 is 17.7 Å². The maximum atomic E-state index is 13.8. The second kappa shape index (κ2) is 10.2. The van der Waals surface area contributed by atoms with Gasteiger partial charge in [0.15, 0.2) is 0 Å². The van der Waals surface area contributed by atoms with Crippen LogP contribution in [0.3, 0.4) is 0 Å². The average molecular weight is 478 g/mol. The number of carbonyl (C=O) groups is 1. The number of amides is 2. The number of aromatic nitrogens is 2. The Hall–Kier alpha value is -3.88. The number of methoxy groups -OCH3 is 1. The van der Waals surface area contributed by atoms with Gasteiger partial charge in [-0.25, -0.2) is 14.2 Å². The van der Waals surface area contributed by atoms with Gasteiger partial charge in [-0.05, 0) is 43.5 Å². The standard InChI is InChI=1S/C26H28FN5O3/c1-34-20-9-6-8-19(16-20)28-26(33)32-14-11-23-22(17-32)24(35-21-10-5-7-18(27)15-21)30-25(29-23)31-12-3-2-4-13-31/h5-10,15-16H,2-4,11-14,17H2,1H3,(H,28,33). The maximum absolute atomic E-state index is 13.8. The second-order valence-corrected chi connectivity index (χ2v) is 8.69. The molecular weight excluding hydrogens is 449 g/mol. The quantitative estimate of drug-likeness (QED) is 0.557. The monoisotopic (exact) mass is 477 g/mol. The number of fused-ring (bicyclic) bond motifs is 1. The number of piperidine rings is 1. The van der Waals surface area contributed by atoms with Gasteiger partial charge >= 0.3 is 6.03 Å².